The van der Waals surface area contributed by atoms with Gasteiger partial charge in [0.15, 0.2) is 0 Å². The average Bonchev–Trinajstić information content (AvgIpc) is 3.14. The van der Waals surface area contributed by atoms with Gasteiger partial charge in [0, 0.05) is 34.7 Å². The molecule has 1 aromatic heterocycles. The van der Waals surface area contributed by atoms with Crippen LogP contribution in [0.1, 0.15) is 32.0 Å². The third kappa shape index (κ3) is 3.49. The predicted octanol–water partition coefficient (Wildman–Crippen LogP) is 4.50. The number of nitrogens with zero attached hydrogens (tertiary/aromatic N) is 2. The van der Waals surface area contributed by atoms with E-state index < -0.39 is 5.91 Å². The highest BCUT2D eigenvalue weighted by atomic mass is 35.5. The quantitative estimate of drug-likeness (QED) is 0.715. The molecule has 0 saturated carbocycles. The highest BCUT2D eigenvalue weighted by Crippen LogP contribution is 2.29. The molecule has 0 unspecified atom stereocenters. The summed E-state index contributed by atoms with van der Waals surface area (Å²) in [5, 5.41) is 3.34. The molecule has 1 aliphatic heterocycles. The number of para-hydroxylation sites is 1. The number of rotatable bonds is 3. The molecule has 1 N–H and O–H groups in total. The lowest BCUT2D eigenvalue weighted by Crippen LogP contribution is -2.29. The lowest BCUT2D eigenvalue weighted by Gasteiger charge is -2.17. The van der Waals surface area contributed by atoms with Crippen molar-refractivity contribution in [2.45, 2.75) is 13.3 Å². The monoisotopic (exact) mass is 391 g/mol. The predicted molar refractivity (Wildman–Crippen MR) is 110 cm³/mol. The lowest BCUT2D eigenvalue weighted by atomic mass is 10.1. The van der Waals surface area contributed by atoms with E-state index >= 15 is 0 Å². The number of carbonyl (C=O) groups excluding carboxylic acids is 2. The molecule has 0 spiro atoms. The molecule has 2 aromatic carbocycles. The zero-order chi connectivity index (χ0) is 19.7. The van der Waals surface area contributed by atoms with Crippen molar-refractivity contribution in [2.75, 3.05) is 16.8 Å². The second-order valence-corrected chi connectivity index (χ2v) is 7.09. The SMILES string of the molecule is Cc1ccc(NC(=O)c2cc(C(=O)N3CCc4ccccc43)ccn2)cc1Cl. The van der Waals surface area contributed by atoms with Crippen LogP contribution in [0.2, 0.25) is 5.02 Å². The zero-order valence-electron chi connectivity index (χ0n) is 15.3. The minimum atomic E-state index is -0.392. The molecule has 0 bridgehead atoms. The van der Waals surface area contributed by atoms with Crippen LogP contribution in [0.15, 0.2) is 60.8 Å². The van der Waals surface area contributed by atoms with Crippen LogP contribution >= 0.6 is 11.6 Å². The number of halogens is 1. The molecule has 6 heteroatoms. The van der Waals surface area contributed by atoms with Gasteiger partial charge in [0.25, 0.3) is 11.8 Å². The molecule has 5 nitrogen and oxygen atoms in total. The van der Waals surface area contributed by atoms with Gasteiger partial charge >= 0.3 is 0 Å². The normalized spacial score (nSPS) is 12.6. The molecule has 28 heavy (non-hydrogen) atoms. The molecular weight excluding hydrogens is 374 g/mol. The van der Waals surface area contributed by atoms with E-state index in [0.717, 1.165) is 23.2 Å². The molecule has 0 atom stereocenters. The van der Waals surface area contributed by atoms with Crippen molar-refractivity contribution in [2.24, 2.45) is 0 Å². The topological polar surface area (TPSA) is 62.3 Å². The van der Waals surface area contributed by atoms with Gasteiger partial charge in [-0.3, -0.25) is 14.6 Å². The zero-order valence-corrected chi connectivity index (χ0v) is 16.0. The van der Waals surface area contributed by atoms with Gasteiger partial charge in [-0.25, -0.2) is 0 Å². The van der Waals surface area contributed by atoms with Gasteiger partial charge in [-0.15, -0.1) is 0 Å². The third-order valence-corrected chi connectivity index (χ3v) is 5.21. The summed E-state index contributed by atoms with van der Waals surface area (Å²) in [6.07, 6.45) is 2.31. The maximum absolute atomic E-state index is 13.0. The fourth-order valence-electron chi connectivity index (χ4n) is 3.26. The van der Waals surface area contributed by atoms with Crippen LogP contribution in [0.5, 0.6) is 0 Å². The number of aryl methyl sites for hydroxylation is 1. The first-order chi connectivity index (χ1) is 13.5. The summed E-state index contributed by atoms with van der Waals surface area (Å²) in [4.78, 5) is 31.4. The molecule has 0 aliphatic carbocycles. The first-order valence-corrected chi connectivity index (χ1v) is 9.34. The van der Waals surface area contributed by atoms with Crippen LogP contribution in [0, 0.1) is 6.92 Å². The minimum Gasteiger partial charge on any atom is -0.321 e. The standard InChI is InChI=1S/C22H18ClN3O2/c1-14-6-7-17(13-18(14)23)25-21(27)19-12-16(8-10-24-19)22(28)26-11-9-15-4-2-3-5-20(15)26/h2-8,10,12-13H,9,11H2,1H3,(H,25,27). The summed E-state index contributed by atoms with van der Waals surface area (Å²) in [5.41, 5.74) is 4.18. The first kappa shape index (κ1) is 18.2. The maximum atomic E-state index is 13.0. The maximum Gasteiger partial charge on any atom is 0.274 e. The fraction of sp³-hybridized carbons (Fsp3) is 0.136. The number of amides is 2. The minimum absolute atomic E-state index is 0.139. The highest BCUT2D eigenvalue weighted by Gasteiger charge is 2.25. The summed E-state index contributed by atoms with van der Waals surface area (Å²) >= 11 is 6.11. The molecule has 4 rings (SSSR count). The molecule has 140 valence electrons. The van der Waals surface area contributed by atoms with E-state index in [1.165, 1.54) is 12.3 Å². The molecule has 0 saturated heterocycles. The smallest absolute Gasteiger partial charge is 0.274 e. The van der Waals surface area contributed by atoms with Crippen LogP contribution in [-0.4, -0.2) is 23.3 Å². The second-order valence-electron chi connectivity index (χ2n) is 6.68. The van der Waals surface area contributed by atoms with E-state index in [1.54, 1.807) is 23.1 Å². The Kier molecular flexibility index (Phi) is 4.84. The Labute approximate surface area is 168 Å². The Hall–Kier alpha value is -3.18. The van der Waals surface area contributed by atoms with Gasteiger partial charge in [0.1, 0.15) is 5.69 Å². The van der Waals surface area contributed by atoms with Crippen LogP contribution in [0.3, 0.4) is 0 Å². The lowest BCUT2D eigenvalue weighted by molar-refractivity contribution is 0.0989. The number of fused-ring (bicyclic) bond motifs is 1. The number of anilines is 2. The number of hydrogen-bond acceptors (Lipinski definition) is 3. The average molecular weight is 392 g/mol. The molecule has 0 radical (unpaired) electrons. The van der Waals surface area contributed by atoms with Crippen molar-refractivity contribution in [3.05, 3.63) is 88.2 Å². The molecule has 1 aliphatic rings. The van der Waals surface area contributed by atoms with E-state index in [9.17, 15) is 9.59 Å². The van der Waals surface area contributed by atoms with Crippen LogP contribution in [-0.2, 0) is 6.42 Å². The molecular formula is C22H18ClN3O2. The van der Waals surface area contributed by atoms with Crippen molar-refractivity contribution in [1.29, 1.82) is 0 Å². The molecule has 3 aromatic rings. The van der Waals surface area contributed by atoms with Crippen molar-refractivity contribution in [3.63, 3.8) is 0 Å². The van der Waals surface area contributed by atoms with Crippen molar-refractivity contribution >= 4 is 34.8 Å². The van der Waals surface area contributed by atoms with Gasteiger partial charge in [0.05, 0.1) is 0 Å². The number of aromatic nitrogens is 1. The fourth-order valence-corrected chi connectivity index (χ4v) is 3.44. The number of hydrogen-bond donors (Lipinski definition) is 1. The summed E-state index contributed by atoms with van der Waals surface area (Å²) in [7, 11) is 0. The molecule has 2 amide bonds. The van der Waals surface area contributed by atoms with Crippen molar-refractivity contribution in [3.8, 4) is 0 Å². The highest BCUT2D eigenvalue weighted by molar-refractivity contribution is 6.31. The first-order valence-electron chi connectivity index (χ1n) is 8.96. The van der Waals surface area contributed by atoms with E-state index in [4.69, 9.17) is 11.6 Å². The molecule has 2 heterocycles. The summed E-state index contributed by atoms with van der Waals surface area (Å²) in [6.45, 7) is 2.52. The van der Waals surface area contributed by atoms with E-state index in [2.05, 4.69) is 10.3 Å². The Balaban J connectivity index is 1.55. The Morgan fingerprint density at radius 1 is 1.11 bits per heavy atom. The number of benzene rings is 2. The summed E-state index contributed by atoms with van der Waals surface area (Å²) in [6, 6.07) is 16.3. The number of carbonyl (C=O) groups is 2. The van der Waals surface area contributed by atoms with E-state index in [1.807, 2.05) is 37.3 Å². The van der Waals surface area contributed by atoms with Crippen molar-refractivity contribution in [1.82, 2.24) is 4.98 Å². The van der Waals surface area contributed by atoms with Gasteiger partial charge in [0.2, 0.25) is 0 Å². The largest absolute Gasteiger partial charge is 0.321 e. The van der Waals surface area contributed by atoms with Gasteiger partial charge in [-0.05, 0) is 54.8 Å². The van der Waals surface area contributed by atoms with Gasteiger partial charge < -0.3 is 10.2 Å². The Bertz CT molecular complexity index is 1080. The molecule has 0 fully saturated rings. The van der Waals surface area contributed by atoms with Gasteiger partial charge in [-0.2, -0.15) is 0 Å². The van der Waals surface area contributed by atoms with Crippen LogP contribution in [0.25, 0.3) is 0 Å². The Morgan fingerprint density at radius 3 is 2.75 bits per heavy atom. The van der Waals surface area contributed by atoms with Crippen molar-refractivity contribution < 1.29 is 9.59 Å². The number of pyridine rings is 1. The van der Waals surface area contributed by atoms with E-state index in [0.29, 0.717) is 22.8 Å². The van der Waals surface area contributed by atoms with Gasteiger partial charge in [-0.1, -0.05) is 35.9 Å². The van der Waals surface area contributed by atoms with Crippen LogP contribution < -0.4 is 10.2 Å². The summed E-state index contributed by atoms with van der Waals surface area (Å²) < 4.78 is 0. The van der Waals surface area contributed by atoms with Crippen LogP contribution in [0.4, 0.5) is 11.4 Å². The third-order valence-electron chi connectivity index (χ3n) is 4.80. The van der Waals surface area contributed by atoms with E-state index in [-0.39, 0.29) is 11.6 Å². The number of nitrogens with one attached hydrogen (secondary N) is 1. The second kappa shape index (κ2) is 7.44. The Morgan fingerprint density at radius 2 is 1.93 bits per heavy atom. The summed E-state index contributed by atoms with van der Waals surface area (Å²) in [5.74, 6) is -0.531.